The van der Waals surface area contributed by atoms with Crippen molar-refractivity contribution < 1.29 is 0 Å². The highest BCUT2D eigenvalue weighted by Crippen LogP contribution is 2.31. The van der Waals surface area contributed by atoms with E-state index in [2.05, 4.69) is 23.6 Å². The maximum absolute atomic E-state index is 8.84. The molecule has 0 N–H and O–H groups in total. The number of anilines is 1. The molecule has 1 aromatic carbocycles. The number of nitrogens with zero attached hydrogens (tertiary/aromatic N) is 2. The van der Waals surface area contributed by atoms with Crippen LogP contribution in [-0.4, -0.2) is 12.6 Å². The Morgan fingerprint density at radius 3 is 2.93 bits per heavy atom. The summed E-state index contributed by atoms with van der Waals surface area (Å²) in [5.41, 5.74) is 1.86. The summed E-state index contributed by atoms with van der Waals surface area (Å²) in [6.45, 7) is 4.63. The van der Waals surface area contributed by atoms with Gasteiger partial charge in [0.25, 0.3) is 0 Å². The second-order valence-electron chi connectivity index (χ2n) is 3.83. The van der Waals surface area contributed by atoms with Crippen molar-refractivity contribution >= 4 is 5.69 Å². The molecule has 0 atom stereocenters. The van der Waals surface area contributed by atoms with Crippen LogP contribution in [0.1, 0.15) is 18.4 Å². The monoisotopic (exact) mass is 198 g/mol. The smallest absolute Gasteiger partial charge is 0.0992 e. The Hall–Kier alpha value is -1.75. The number of hydrogen-bond donors (Lipinski definition) is 0. The van der Waals surface area contributed by atoms with Gasteiger partial charge in [-0.15, -0.1) is 6.58 Å². The molecule has 2 rings (SSSR count). The standard InChI is InChI=1S/C13H14N2/c1-2-8-15(12-6-7-12)13-5-3-4-11(9-13)10-14/h2-5,9,12H,1,6-8H2. The molecule has 1 fully saturated rings. The summed E-state index contributed by atoms with van der Waals surface area (Å²) in [6.07, 6.45) is 4.42. The second-order valence-corrected chi connectivity index (χ2v) is 3.83. The quantitative estimate of drug-likeness (QED) is 0.695. The van der Waals surface area contributed by atoms with Gasteiger partial charge in [0, 0.05) is 18.3 Å². The molecule has 2 nitrogen and oxygen atoms in total. The lowest BCUT2D eigenvalue weighted by Gasteiger charge is -2.23. The molecular formula is C13H14N2. The largest absolute Gasteiger partial charge is 0.365 e. The minimum absolute atomic E-state index is 0.650. The van der Waals surface area contributed by atoms with Gasteiger partial charge >= 0.3 is 0 Å². The molecular weight excluding hydrogens is 184 g/mol. The van der Waals surface area contributed by atoms with E-state index in [1.54, 1.807) is 0 Å². The molecule has 0 aliphatic heterocycles. The van der Waals surface area contributed by atoms with Crippen LogP contribution < -0.4 is 4.90 Å². The predicted octanol–water partition coefficient (Wildman–Crippen LogP) is 2.71. The lowest BCUT2D eigenvalue weighted by atomic mass is 10.2. The molecule has 2 heteroatoms. The van der Waals surface area contributed by atoms with E-state index in [0.717, 1.165) is 17.8 Å². The van der Waals surface area contributed by atoms with Crippen molar-refractivity contribution in [3.05, 3.63) is 42.5 Å². The van der Waals surface area contributed by atoms with Gasteiger partial charge in [-0.3, -0.25) is 0 Å². The highest BCUT2D eigenvalue weighted by atomic mass is 15.2. The summed E-state index contributed by atoms with van der Waals surface area (Å²) >= 11 is 0. The van der Waals surface area contributed by atoms with E-state index in [9.17, 15) is 0 Å². The minimum Gasteiger partial charge on any atom is -0.365 e. The lowest BCUT2D eigenvalue weighted by molar-refractivity contribution is 0.862. The number of nitriles is 1. The molecule has 0 bridgehead atoms. The summed E-state index contributed by atoms with van der Waals surface area (Å²) in [6, 6.07) is 10.6. The van der Waals surface area contributed by atoms with Crippen molar-refractivity contribution in [2.75, 3.05) is 11.4 Å². The van der Waals surface area contributed by atoms with Gasteiger partial charge in [-0.2, -0.15) is 5.26 Å². The van der Waals surface area contributed by atoms with Crippen LogP contribution in [-0.2, 0) is 0 Å². The average Bonchev–Trinajstić information content (AvgIpc) is 3.10. The highest BCUT2D eigenvalue weighted by molar-refractivity contribution is 5.53. The Kier molecular flexibility index (Phi) is 2.73. The summed E-state index contributed by atoms with van der Waals surface area (Å²) in [5.74, 6) is 0. The van der Waals surface area contributed by atoms with E-state index in [1.807, 2.05) is 24.3 Å². The Morgan fingerprint density at radius 2 is 2.33 bits per heavy atom. The number of hydrogen-bond acceptors (Lipinski definition) is 2. The van der Waals surface area contributed by atoms with Crippen LogP contribution in [0.4, 0.5) is 5.69 Å². The van der Waals surface area contributed by atoms with Crippen LogP contribution >= 0.6 is 0 Å². The van der Waals surface area contributed by atoms with Crippen LogP contribution in [0.2, 0.25) is 0 Å². The topological polar surface area (TPSA) is 27.0 Å². The van der Waals surface area contributed by atoms with Gasteiger partial charge in [-0.1, -0.05) is 12.1 Å². The summed E-state index contributed by atoms with van der Waals surface area (Å²) in [7, 11) is 0. The molecule has 0 radical (unpaired) electrons. The summed E-state index contributed by atoms with van der Waals surface area (Å²) in [5, 5.41) is 8.84. The van der Waals surface area contributed by atoms with Crippen molar-refractivity contribution in [2.45, 2.75) is 18.9 Å². The number of rotatable bonds is 4. The van der Waals surface area contributed by atoms with Crippen LogP contribution in [0, 0.1) is 11.3 Å². The average molecular weight is 198 g/mol. The van der Waals surface area contributed by atoms with Crippen molar-refractivity contribution in [3.63, 3.8) is 0 Å². The molecule has 76 valence electrons. The highest BCUT2D eigenvalue weighted by Gasteiger charge is 2.28. The molecule has 0 aromatic heterocycles. The molecule has 0 unspecified atom stereocenters. The van der Waals surface area contributed by atoms with Crippen molar-refractivity contribution in [1.29, 1.82) is 5.26 Å². The third-order valence-electron chi connectivity index (χ3n) is 2.62. The van der Waals surface area contributed by atoms with Gasteiger partial charge < -0.3 is 4.90 Å². The van der Waals surface area contributed by atoms with Crippen molar-refractivity contribution in [1.82, 2.24) is 0 Å². The number of benzene rings is 1. The first-order valence-corrected chi connectivity index (χ1v) is 5.23. The molecule has 1 aliphatic rings. The van der Waals surface area contributed by atoms with Crippen LogP contribution in [0.3, 0.4) is 0 Å². The molecule has 1 aliphatic carbocycles. The van der Waals surface area contributed by atoms with E-state index < -0.39 is 0 Å². The molecule has 1 saturated carbocycles. The third-order valence-corrected chi connectivity index (χ3v) is 2.62. The maximum Gasteiger partial charge on any atom is 0.0992 e. The molecule has 0 heterocycles. The Labute approximate surface area is 90.4 Å². The van der Waals surface area contributed by atoms with Crippen molar-refractivity contribution in [3.8, 4) is 6.07 Å². The van der Waals surface area contributed by atoms with Crippen molar-refractivity contribution in [2.24, 2.45) is 0 Å². The molecule has 0 saturated heterocycles. The minimum atomic E-state index is 0.650. The summed E-state index contributed by atoms with van der Waals surface area (Å²) < 4.78 is 0. The first kappa shape index (κ1) is 9.79. The van der Waals surface area contributed by atoms with E-state index >= 15 is 0 Å². The van der Waals surface area contributed by atoms with E-state index in [0.29, 0.717) is 6.04 Å². The molecule has 15 heavy (non-hydrogen) atoms. The SMILES string of the molecule is C=CCN(c1cccc(C#N)c1)C1CC1. The van der Waals surface area contributed by atoms with E-state index in [4.69, 9.17) is 5.26 Å². The zero-order valence-electron chi connectivity index (χ0n) is 8.69. The summed E-state index contributed by atoms with van der Waals surface area (Å²) in [4.78, 5) is 2.31. The first-order valence-electron chi connectivity index (χ1n) is 5.23. The van der Waals surface area contributed by atoms with Gasteiger partial charge in [0.15, 0.2) is 0 Å². The molecule has 0 spiro atoms. The Morgan fingerprint density at radius 1 is 1.53 bits per heavy atom. The van der Waals surface area contributed by atoms with Crippen LogP contribution in [0.15, 0.2) is 36.9 Å². The van der Waals surface area contributed by atoms with Gasteiger partial charge in [0.2, 0.25) is 0 Å². The van der Waals surface area contributed by atoms with Gasteiger partial charge in [-0.25, -0.2) is 0 Å². The zero-order chi connectivity index (χ0) is 10.7. The first-order chi connectivity index (χ1) is 7.35. The van der Waals surface area contributed by atoms with Gasteiger partial charge in [0.05, 0.1) is 11.6 Å². The Bertz CT molecular complexity index is 399. The van der Waals surface area contributed by atoms with E-state index in [-0.39, 0.29) is 0 Å². The molecule has 0 amide bonds. The maximum atomic E-state index is 8.84. The fourth-order valence-corrected chi connectivity index (χ4v) is 1.74. The van der Waals surface area contributed by atoms with Crippen LogP contribution in [0.25, 0.3) is 0 Å². The normalized spacial score (nSPS) is 14.3. The predicted molar refractivity (Wildman–Crippen MR) is 61.7 cm³/mol. The van der Waals surface area contributed by atoms with Crippen LogP contribution in [0.5, 0.6) is 0 Å². The van der Waals surface area contributed by atoms with Gasteiger partial charge in [-0.05, 0) is 31.0 Å². The fraction of sp³-hybridized carbons (Fsp3) is 0.308. The Balaban J connectivity index is 2.24. The second kappa shape index (κ2) is 4.18. The van der Waals surface area contributed by atoms with E-state index in [1.165, 1.54) is 12.8 Å². The third kappa shape index (κ3) is 2.19. The molecule has 1 aromatic rings. The fourth-order valence-electron chi connectivity index (χ4n) is 1.74. The van der Waals surface area contributed by atoms with Gasteiger partial charge in [0.1, 0.15) is 0 Å². The zero-order valence-corrected chi connectivity index (χ0v) is 8.69. The lowest BCUT2D eigenvalue weighted by Crippen LogP contribution is -2.25.